The lowest BCUT2D eigenvalue weighted by Gasteiger charge is -2.23. The van der Waals surface area contributed by atoms with Crippen molar-refractivity contribution in [2.75, 3.05) is 5.32 Å². The van der Waals surface area contributed by atoms with Gasteiger partial charge in [0.2, 0.25) is 5.91 Å². The number of carboxylic acids is 1. The van der Waals surface area contributed by atoms with Gasteiger partial charge < -0.3 is 15.2 Å². The fraction of sp³-hybridized carbons (Fsp3) is 0.238. The number of anilines is 1. The molecule has 0 aromatic heterocycles. The Bertz CT molecular complexity index is 844. The molecule has 2 aliphatic carbocycles. The molecule has 0 radical (unpaired) electrons. The van der Waals surface area contributed by atoms with E-state index in [0.717, 1.165) is 12.2 Å². The third-order valence-electron chi connectivity index (χ3n) is 5.15. The number of carbonyl (C=O) groups is 2. The van der Waals surface area contributed by atoms with E-state index in [4.69, 9.17) is 4.74 Å². The van der Waals surface area contributed by atoms with E-state index in [1.54, 1.807) is 24.3 Å². The zero-order chi connectivity index (χ0) is 18.1. The van der Waals surface area contributed by atoms with Crippen molar-refractivity contribution in [2.45, 2.75) is 6.42 Å². The molecule has 1 fully saturated rings. The second-order valence-corrected chi connectivity index (χ2v) is 6.77. The summed E-state index contributed by atoms with van der Waals surface area (Å²) in [5.41, 5.74) is 0.631. The van der Waals surface area contributed by atoms with Gasteiger partial charge in [-0.2, -0.15) is 0 Å². The monoisotopic (exact) mass is 349 g/mol. The number of fused-ring (bicyclic) bond motifs is 2. The topological polar surface area (TPSA) is 75.6 Å². The van der Waals surface area contributed by atoms with E-state index in [2.05, 4.69) is 5.32 Å². The molecular weight excluding hydrogens is 330 g/mol. The number of aliphatic carboxylic acids is 1. The number of nitrogens with one attached hydrogen (secondary N) is 1. The number of hydrogen-bond donors (Lipinski definition) is 2. The second kappa shape index (κ2) is 6.67. The van der Waals surface area contributed by atoms with E-state index < -0.39 is 17.8 Å². The summed E-state index contributed by atoms with van der Waals surface area (Å²) in [5.74, 6) is -0.882. The molecular formula is C21H19NO4. The summed E-state index contributed by atoms with van der Waals surface area (Å²) < 4.78 is 5.73. The number of carbonyl (C=O) groups excluding carboxylic acids is 1. The number of hydrogen-bond acceptors (Lipinski definition) is 3. The standard InChI is InChI=1S/C21H19NO4/c23-20(18-13-6-7-14(12-13)19(18)21(24)25)22-15-8-10-17(11-9-15)26-16-4-2-1-3-5-16/h1-11,13-14,18-19H,12H2,(H,22,23)(H,24,25)/t13-,14+,18+,19+/m1/s1. The predicted molar refractivity (Wildman–Crippen MR) is 96.9 cm³/mol. The van der Waals surface area contributed by atoms with Crippen LogP contribution in [0.3, 0.4) is 0 Å². The van der Waals surface area contributed by atoms with Crippen LogP contribution in [0.5, 0.6) is 11.5 Å². The average molecular weight is 349 g/mol. The van der Waals surface area contributed by atoms with Crippen LogP contribution in [0, 0.1) is 23.7 Å². The van der Waals surface area contributed by atoms with E-state index >= 15 is 0 Å². The summed E-state index contributed by atoms with van der Waals surface area (Å²) in [6, 6.07) is 16.5. The van der Waals surface area contributed by atoms with Crippen LogP contribution in [0.4, 0.5) is 5.69 Å². The summed E-state index contributed by atoms with van der Waals surface area (Å²) in [6.45, 7) is 0. The zero-order valence-corrected chi connectivity index (χ0v) is 14.0. The molecule has 4 atom stereocenters. The number of para-hydroxylation sites is 1. The largest absolute Gasteiger partial charge is 0.481 e. The first kappa shape index (κ1) is 16.4. The van der Waals surface area contributed by atoms with Crippen molar-refractivity contribution < 1.29 is 19.4 Å². The van der Waals surface area contributed by atoms with Gasteiger partial charge in [0, 0.05) is 5.69 Å². The summed E-state index contributed by atoms with van der Waals surface area (Å²) in [5, 5.41) is 12.3. The van der Waals surface area contributed by atoms with Crippen LogP contribution < -0.4 is 10.1 Å². The Balaban J connectivity index is 1.43. The fourth-order valence-corrected chi connectivity index (χ4v) is 3.97. The van der Waals surface area contributed by atoms with Gasteiger partial charge >= 0.3 is 5.97 Å². The third-order valence-corrected chi connectivity index (χ3v) is 5.15. The molecule has 0 heterocycles. The minimum Gasteiger partial charge on any atom is -0.481 e. The average Bonchev–Trinajstić information content (AvgIpc) is 3.25. The Kier molecular flexibility index (Phi) is 4.21. The number of rotatable bonds is 5. The molecule has 2 N–H and O–H groups in total. The molecule has 2 aromatic carbocycles. The van der Waals surface area contributed by atoms with Gasteiger partial charge in [-0.1, -0.05) is 30.4 Å². The van der Waals surface area contributed by atoms with Gasteiger partial charge in [0.15, 0.2) is 0 Å². The molecule has 1 amide bonds. The van der Waals surface area contributed by atoms with Crippen molar-refractivity contribution in [1.29, 1.82) is 0 Å². The maximum Gasteiger partial charge on any atom is 0.307 e. The molecule has 132 valence electrons. The molecule has 0 saturated heterocycles. The lowest BCUT2D eigenvalue weighted by atomic mass is 9.82. The Hall–Kier alpha value is -3.08. The second-order valence-electron chi connectivity index (χ2n) is 6.77. The highest BCUT2D eigenvalue weighted by Gasteiger charge is 2.51. The highest BCUT2D eigenvalue weighted by Crippen LogP contribution is 2.48. The summed E-state index contributed by atoms with van der Waals surface area (Å²) in [7, 11) is 0. The van der Waals surface area contributed by atoms with E-state index in [-0.39, 0.29) is 17.7 Å². The van der Waals surface area contributed by atoms with Crippen LogP contribution in [0.1, 0.15) is 6.42 Å². The molecule has 26 heavy (non-hydrogen) atoms. The maximum atomic E-state index is 12.7. The SMILES string of the molecule is O=C(Nc1ccc(Oc2ccccc2)cc1)[C@@H]1[C@@H](C(=O)O)[C@H]2C=C[C@@H]1C2. The minimum atomic E-state index is -0.895. The van der Waals surface area contributed by atoms with Gasteiger partial charge in [-0.05, 0) is 54.7 Å². The molecule has 1 saturated carbocycles. The first-order chi connectivity index (χ1) is 12.6. The summed E-state index contributed by atoms with van der Waals surface area (Å²) in [6.07, 6.45) is 4.66. The quantitative estimate of drug-likeness (QED) is 0.802. The Labute approximate surface area is 151 Å². The molecule has 2 aromatic rings. The molecule has 0 aliphatic heterocycles. The van der Waals surface area contributed by atoms with Crippen molar-refractivity contribution in [3.63, 3.8) is 0 Å². The van der Waals surface area contributed by atoms with Crippen molar-refractivity contribution >= 4 is 17.6 Å². The molecule has 5 nitrogen and oxygen atoms in total. The fourth-order valence-electron chi connectivity index (χ4n) is 3.97. The normalized spacial score (nSPS) is 25.8. The maximum absolute atomic E-state index is 12.7. The number of carboxylic acid groups (broad SMARTS) is 1. The van der Waals surface area contributed by atoms with Crippen molar-refractivity contribution in [3.8, 4) is 11.5 Å². The number of ether oxygens (including phenoxy) is 1. The van der Waals surface area contributed by atoms with Crippen molar-refractivity contribution in [2.24, 2.45) is 23.7 Å². The Morgan fingerprint density at radius 1 is 0.885 bits per heavy atom. The van der Waals surface area contributed by atoms with Gasteiger partial charge in [0.25, 0.3) is 0 Å². The van der Waals surface area contributed by atoms with Crippen LogP contribution in [0.25, 0.3) is 0 Å². The van der Waals surface area contributed by atoms with Gasteiger partial charge in [-0.3, -0.25) is 9.59 Å². The van der Waals surface area contributed by atoms with Gasteiger partial charge in [0.1, 0.15) is 11.5 Å². The molecule has 2 aliphatic rings. The van der Waals surface area contributed by atoms with Crippen LogP contribution in [0.15, 0.2) is 66.7 Å². The Morgan fingerprint density at radius 3 is 2.15 bits per heavy atom. The molecule has 5 heteroatoms. The first-order valence-electron chi connectivity index (χ1n) is 8.67. The highest BCUT2D eigenvalue weighted by molar-refractivity contribution is 5.96. The summed E-state index contributed by atoms with van der Waals surface area (Å²) >= 11 is 0. The minimum absolute atomic E-state index is 0.0155. The first-order valence-corrected chi connectivity index (χ1v) is 8.67. The number of amides is 1. The summed E-state index contributed by atoms with van der Waals surface area (Å²) in [4.78, 5) is 24.2. The number of allylic oxidation sites excluding steroid dienone is 2. The molecule has 2 bridgehead atoms. The van der Waals surface area contributed by atoms with E-state index in [9.17, 15) is 14.7 Å². The van der Waals surface area contributed by atoms with Crippen molar-refractivity contribution in [3.05, 3.63) is 66.7 Å². The van der Waals surface area contributed by atoms with Crippen LogP contribution in [-0.2, 0) is 9.59 Å². The Morgan fingerprint density at radius 2 is 1.50 bits per heavy atom. The molecule has 0 spiro atoms. The lowest BCUT2D eigenvalue weighted by Crippen LogP contribution is -2.36. The van der Waals surface area contributed by atoms with E-state index in [1.165, 1.54) is 0 Å². The van der Waals surface area contributed by atoms with E-state index in [1.807, 2.05) is 42.5 Å². The van der Waals surface area contributed by atoms with Crippen LogP contribution >= 0.6 is 0 Å². The third kappa shape index (κ3) is 3.08. The predicted octanol–water partition coefficient (Wildman–Crippen LogP) is 3.94. The van der Waals surface area contributed by atoms with Gasteiger partial charge in [-0.15, -0.1) is 0 Å². The lowest BCUT2D eigenvalue weighted by molar-refractivity contribution is -0.146. The smallest absolute Gasteiger partial charge is 0.307 e. The van der Waals surface area contributed by atoms with Crippen molar-refractivity contribution in [1.82, 2.24) is 0 Å². The van der Waals surface area contributed by atoms with E-state index in [0.29, 0.717) is 11.4 Å². The van der Waals surface area contributed by atoms with Crippen LogP contribution in [0.2, 0.25) is 0 Å². The van der Waals surface area contributed by atoms with Gasteiger partial charge in [-0.25, -0.2) is 0 Å². The highest BCUT2D eigenvalue weighted by atomic mass is 16.5. The zero-order valence-electron chi connectivity index (χ0n) is 14.0. The van der Waals surface area contributed by atoms with Crippen LogP contribution in [-0.4, -0.2) is 17.0 Å². The number of benzene rings is 2. The van der Waals surface area contributed by atoms with Gasteiger partial charge in [0.05, 0.1) is 11.8 Å². The molecule has 0 unspecified atom stereocenters. The molecule has 4 rings (SSSR count).